The summed E-state index contributed by atoms with van der Waals surface area (Å²) >= 11 is 0. The first-order valence-corrected chi connectivity index (χ1v) is 6.77. The van der Waals surface area contributed by atoms with Gasteiger partial charge in [-0.2, -0.15) is 0 Å². The minimum Gasteiger partial charge on any atom is -0.476 e. The SMILES string of the molecule is CCOc1nn(CC)cc1C(=O)NCc1ccccc1. The van der Waals surface area contributed by atoms with Crippen LogP contribution in [-0.4, -0.2) is 22.3 Å². The van der Waals surface area contributed by atoms with Gasteiger partial charge in [0.05, 0.1) is 6.61 Å². The normalized spacial score (nSPS) is 10.3. The van der Waals surface area contributed by atoms with Crippen LogP contribution >= 0.6 is 0 Å². The number of hydrogen-bond acceptors (Lipinski definition) is 3. The molecule has 1 aromatic heterocycles. The maximum Gasteiger partial charge on any atom is 0.258 e. The number of carbonyl (C=O) groups excluding carboxylic acids is 1. The number of aryl methyl sites for hydroxylation is 1. The number of nitrogens with zero attached hydrogens (tertiary/aromatic N) is 2. The molecule has 5 nitrogen and oxygen atoms in total. The molecule has 5 heteroatoms. The molecule has 0 atom stereocenters. The number of amides is 1. The van der Waals surface area contributed by atoms with Gasteiger partial charge < -0.3 is 10.1 Å². The smallest absolute Gasteiger partial charge is 0.258 e. The van der Waals surface area contributed by atoms with Gasteiger partial charge in [-0.25, -0.2) is 0 Å². The Hall–Kier alpha value is -2.30. The van der Waals surface area contributed by atoms with Crippen molar-refractivity contribution in [3.05, 3.63) is 47.7 Å². The predicted octanol–water partition coefficient (Wildman–Crippen LogP) is 2.23. The standard InChI is InChI=1S/C15H19N3O2/c1-3-18-11-13(15(17-18)20-4-2)14(19)16-10-12-8-6-5-7-9-12/h5-9,11H,3-4,10H2,1-2H3,(H,16,19). The van der Waals surface area contributed by atoms with Crippen molar-refractivity contribution in [2.24, 2.45) is 0 Å². The van der Waals surface area contributed by atoms with E-state index >= 15 is 0 Å². The highest BCUT2D eigenvalue weighted by Gasteiger charge is 2.16. The summed E-state index contributed by atoms with van der Waals surface area (Å²) in [5.41, 5.74) is 1.53. The van der Waals surface area contributed by atoms with Crippen LogP contribution in [0.1, 0.15) is 29.8 Å². The summed E-state index contributed by atoms with van der Waals surface area (Å²) in [6, 6.07) is 9.78. The number of nitrogens with one attached hydrogen (secondary N) is 1. The van der Waals surface area contributed by atoms with Gasteiger partial charge in [0.15, 0.2) is 0 Å². The third-order valence-electron chi connectivity index (χ3n) is 2.87. The molecule has 0 aliphatic carbocycles. The van der Waals surface area contributed by atoms with Crippen LogP contribution < -0.4 is 10.1 Å². The molecule has 1 aromatic carbocycles. The summed E-state index contributed by atoms with van der Waals surface area (Å²) < 4.78 is 7.10. The van der Waals surface area contributed by atoms with Crippen molar-refractivity contribution in [2.75, 3.05) is 6.61 Å². The molecule has 106 valence electrons. The monoisotopic (exact) mass is 273 g/mol. The van der Waals surface area contributed by atoms with Crippen LogP contribution in [0.25, 0.3) is 0 Å². The van der Waals surface area contributed by atoms with Crippen molar-refractivity contribution in [3.8, 4) is 5.88 Å². The Morgan fingerprint density at radius 1 is 1.30 bits per heavy atom. The first-order valence-electron chi connectivity index (χ1n) is 6.77. The third kappa shape index (κ3) is 3.38. The fourth-order valence-electron chi connectivity index (χ4n) is 1.84. The van der Waals surface area contributed by atoms with E-state index in [0.717, 1.165) is 5.56 Å². The highest BCUT2D eigenvalue weighted by Crippen LogP contribution is 2.16. The Balaban J connectivity index is 2.06. The van der Waals surface area contributed by atoms with Crippen molar-refractivity contribution in [3.63, 3.8) is 0 Å². The van der Waals surface area contributed by atoms with E-state index in [1.54, 1.807) is 10.9 Å². The van der Waals surface area contributed by atoms with Crippen molar-refractivity contribution in [2.45, 2.75) is 26.9 Å². The molecule has 2 aromatic rings. The van der Waals surface area contributed by atoms with Gasteiger partial charge in [0.25, 0.3) is 5.91 Å². The Bertz CT molecular complexity index is 564. The van der Waals surface area contributed by atoms with Crippen molar-refractivity contribution >= 4 is 5.91 Å². The molecule has 20 heavy (non-hydrogen) atoms. The average molecular weight is 273 g/mol. The van der Waals surface area contributed by atoms with E-state index < -0.39 is 0 Å². The molecule has 2 rings (SSSR count). The minimum absolute atomic E-state index is 0.169. The summed E-state index contributed by atoms with van der Waals surface area (Å²) in [7, 11) is 0. The minimum atomic E-state index is -0.169. The lowest BCUT2D eigenvalue weighted by Crippen LogP contribution is -2.23. The van der Waals surface area contributed by atoms with Gasteiger partial charge in [0.1, 0.15) is 5.56 Å². The Morgan fingerprint density at radius 3 is 2.70 bits per heavy atom. The molecule has 0 saturated carbocycles. The lowest BCUT2D eigenvalue weighted by molar-refractivity contribution is 0.0947. The predicted molar refractivity (Wildman–Crippen MR) is 76.7 cm³/mol. The molecule has 0 radical (unpaired) electrons. The molecule has 0 spiro atoms. The number of ether oxygens (including phenoxy) is 1. The average Bonchev–Trinajstić information content (AvgIpc) is 2.89. The second kappa shape index (κ2) is 6.75. The Kier molecular flexibility index (Phi) is 4.76. The van der Waals surface area contributed by atoms with Crippen LogP contribution in [0.4, 0.5) is 0 Å². The molecular formula is C15H19N3O2. The number of benzene rings is 1. The summed E-state index contributed by atoms with van der Waals surface area (Å²) in [5.74, 6) is 0.219. The molecule has 1 heterocycles. The Morgan fingerprint density at radius 2 is 2.05 bits per heavy atom. The highest BCUT2D eigenvalue weighted by atomic mass is 16.5. The largest absolute Gasteiger partial charge is 0.476 e. The fraction of sp³-hybridized carbons (Fsp3) is 0.333. The van der Waals surface area contributed by atoms with Crippen LogP contribution in [0.2, 0.25) is 0 Å². The fourth-order valence-corrected chi connectivity index (χ4v) is 1.84. The van der Waals surface area contributed by atoms with E-state index in [-0.39, 0.29) is 5.91 Å². The second-order valence-electron chi connectivity index (χ2n) is 4.30. The summed E-state index contributed by atoms with van der Waals surface area (Å²) in [4.78, 5) is 12.2. The van der Waals surface area contributed by atoms with E-state index in [2.05, 4.69) is 10.4 Å². The van der Waals surface area contributed by atoms with Gasteiger partial charge in [0.2, 0.25) is 5.88 Å². The van der Waals surface area contributed by atoms with Crippen LogP contribution in [0, 0.1) is 0 Å². The van der Waals surface area contributed by atoms with Gasteiger partial charge >= 0.3 is 0 Å². The van der Waals surface area contributed by atoms with E-state index in [1.165, 1.54) is 0 Å². The number of hydrogen-bond donors (Lipinski definition) is 1. The van der Waals surface area contributed by atoms with Crippen LogP contribution in [0.5, 0.6) is 5.88 Å². The van der Waals surface area contributed by atoms with Crippen LogP contribution in [-0.2, 0) is 13.1 Å². The van der Waals surface area contributed by atoms with Gasteiger partial charge in [-0.3, -0.25) is 9.48 Å². The third-order valence-corrected chi connectivity index (χ3v) is 2.87. The lowest BCUT2D eigenvalue weighted by atomic mass is 10.2. The van der Waals surface area contributed by atoms with Crippen molar-refractivity contribution in [1.29, 1.82) is 0 Å². The van der Waals surface area contributed by atoms with E-state index in [9.17, 15) is 4.79 Å². The van der Waals surface area contributed by atoms with Gasteiger partial charge in [-0.15, -0.1) is 5.10 Å². The second-order valence-corrected chi connectivity index (χ2v) is 4.30. The maximum atomic E-state index is 12.2. The highest BCUT2D eigenvalue weighted by molar-refractivity contribution is 5.96. The number of carbonyl (C=O) groups is 1. The molecule has 0 unspecified atom stereocenters. The molecule has 0 saturated heterocycles. The quantitative estimate of drug-likeness (QED) is 0.878. The molecule has 0 bridgehead atoms. The molecule has 1 amide bonds. The van der Waals surface area contributed by atoms with E-state index in [0.29, 0.717) is 31.1 Å². The first-order chi connectivity index (χ1) is 9.74. The van der Waals surface area contributed by atoms with Gasteiger partial charge in [0, 0.05) is 19.3 Å². The number of aromatic nitrogens is 2. The lowest BCUT2D eigenvalue weighted by Gasteiger charge is -2.05. The molecule has 0 aliphatic heterocycles. The van der Waals surface area contributed by atoms with Crippen molar-refractivity contribution < 1.29 is 9.53 Å². The summed E-state index contributed by atoms with van der Waals surface area (Å²) in [6.07, 6.45) is 1.71. The summed E-state index contributed by atoms with van der Waals surface area (Å²) in [6.45, 7) is 5.51. The molecular weight excluding hydrogens is 254 g/mol. The first kappa shape index (κ1) is 14.1. The molecule has 0 fully saturated rings. The Labute approximate surface area is 118 Å². The molecule has 1 N–H and O–H groups in total. The topological polar surface area (TPSA) is 56.2 Å². The summed E-state index contributed by atoms with van der Waals surface area (Å²) in [5, 5.41) is 7.11. The van der Waals surface area contributed by atoms with Gasteiger partial charge in [-0.05, 0) is 19.4 Å². The zero-order valence-corrected chi connectivity index (χ0v) is 11.8. The zero-order valence-electron chi connectivity index (χ0n) is 11.8. The van der Waals surface area contributed by atoms with E-state index in [1.807, 2.05) is 44.2 Å². The van der Waals surface area contributed by atoms with Gasteiger partial charge in [-0.1, -0.05) is 30.3 Å². The zero-order chi connectivity index (χ0) is 14.4. The number of rotatable bonds is 6. The van der Waals surface area contributed by atoms with Crippen LogP contribution in [0.3, 0.4) is 0 Å². The maximum absolute atomic E-state index is 12.2. The van der Waals surface area contributed by atoms with Crippen LogP contribution in [0.15, 0.2) is 36.5 Å². The molecule has 0 aliphatic rings. The van der Waals surface area contributed by atoms with E-state index in [4.69, 9.17) is 4.74 Å². The van der Waals surface area contributed by atoms with Crippen molar-refractivity contribution in [1.82, 2.24) is 15.1 Å².